The number of rotatable bonds is 3. The van der Waals surface area contributed by atoms with E-state index >= 15 is 0 Å². The lowest BCUT2D eigenvalue weighted by molar-refractivity contribution is -0.137. The molecule has 0 radical (unpaired) electrons. The lowest BCUT2D eigenvalue weighted by Crippen LogP contribution is -2.05. The summed E-state index contributed by atoms with van der Waals surface area (Å²) < 4.78 is 63.6. The molecule has 6 heteroatoms. The molecule has 0 bridgehead atoms. The minimum Gasteiger partial charge on any atom is -0.207 e. The van der Waals surface area contributed by atoms with Crippen LogP contribution in [0.4, 0.5) is 22.0 Å². The Morgan fingerprint density at radius 3 is 2.10 bits per heavy atom. The third-order valence-corrected chi connectivity index (χ3v) is 3.42. The second-order valence-electron chi connectivity index (χ2n) is 4.53. The Hall–Kier alpha value is -1.62. The second-order valence-corrected chi connectivity index (χ2v) is 5.05. The maximum absolute atomic E-state index is 13.5. The van der Waals surface area contributed by atoms with Gasteiger partial charge in [-0.25, -0.2) is 8.78 Å². The van der Waals surface area contributed by atoms with Crippen LogP contribution < -0.4 is 0 Å². The van der Waals surface area contributed by atoms with Gasteiger partial charge in [0.05, 0.1) is 10.9 Å². The van der Waals surface area contributed by atoms with Crippen LogP contribution in [0.3, 0.4) is 0 Å². The van der Waals surface area contributed by atoms with Crippen molar-refractivity contribution in [2.45, 2.75) is 18.0 Å². The number of hydrogen-bond acceptors (Lipinski definition) is 0. The minimum atomic E-state index is -4.41. The highest BCUT2D eigenvalue weighted by molar-refractivity contribution is 6.20. The van der Waals surface area contributed by atoms with Crippen LogP contribution in [-0.2, 0) is 12.6 Å². The molecule has 0 saturated carbocycles. The van der Waals surface area contributed by atoms with Crippen molar-refractivity contribution < 1.29 is 22.0 Å². The number of benzene rings is 2. The highest BCUT2D eigenvalue weighted by Crippen LogP contribution is 2.32. The van der Waals surface area contributed by atoms with Gasteiger partial charge in [-0.15, -0.1) is 11.6 Å². The van der Waals surface area contributed by atoms with Crippen LogP contribution in [0.15, 0.2) is 42.5 Å². The Kier molecular flexibility index (Phi) is 4.52. The molecule has 0 fully saturated rings. The predicted octanol–water partition coefficient (Wildman–Crippen LogP) is 5.51. The van der Waals surface area contributed by atoms with Crippen LogP contribution in [-0.4, -0.2) is 0 Å². The molecule has 0 amide bonds. The van der Waals surface area contributed by atoms with Gasteiger partial charge in [-0.05, 0) is 35.7 Å². The quantitative estimate of drug-likeness (QED) is 0.517. The standard InChI is InChI=1S/C15H10ClF5/c16-13(7-10-3-6-12(17)8-14(10)18)9-1-4-11(5-2-9)15(19,20)21/h1-6,8,13H,7H2. The first-order valence-electron chi connectivity index (χ1n) is 6.02. The molecule has 2 aromatic carbocycles. The van der Waals surface area contributed by atoms with Crippen molar-refractivity contribution in [1.82, 2.24) is 0 Å². The maximum Gasteiger partial charge on any atom is 0.416 e. The molecule has 0 aliphatic carbocycles. The molecule has 0 saturated heterocycles. The highest BCUT2D eigenvalue weighted by atomic mass is 35.5. The van der Waals surface area contributed by atoms with E-state index in [1.165, 1.54) is 18.2 Å². The average Bonchev–Trinajstić information content (AvgIpc) is 2.41. The number of alkyl halides is 4. The van der Waals surface area contributed by atoms with Crippen molar-refractivity contribution in [2.24, 2.45) is 0 Å². The van der Waals surface area contributed by atoms with Crippen LogP contribution in [0.2, 0.25) is 0 Å². The SMILES string of the molecule is Fc1ccc(CC(Cl)c2ccc(C(F)(F)F)cc2)c(F)c1. The van der Waals surface area contributed by atoms with E-state index in [0.717, 1.165) is 24.3 Å². The summed E-state index contributed by atoms with van der Waals surface area (Å²) in [6.45, 7) is 0. The first-order valence-corrected chi connectivity index (χ1v) is 6.46. The fourth-order valence-electron chi connectivity index (χ4n) is 1.88. The lowest BCUT2D eigenvalue weighted by Gasteiger charge is -2.12. The third kappa shape index (κ3) is 3.94. The molecular formula is C15H10ClF5. The zero-order valence-corrected chi connectivity index (χ0v) is 11.3. The van der Waals surface area contributed by atoms with E-state index in [9.17, 15) is 22.0 Å². The minimum absolute atomic E-state index is 0.0546. The van der Waals surface area contributed by atoms with E-state index in [2.05, 4.69) is 0 Å². The van der Waals surface area contributed by atoms with E-state index < -0.39 is 28.8 Å². The van der Waals surface area contributed by atoms with E-state index in [4.69, 9.17) is 11.6 Å². The van der Waals surface area contributed by atoms with Gasteiger partial charge in [-0.2, -0.15) is 13.2 Å². The molecule has 112 valence electrons. The highest BCUT2D eigenvalue weighted by Gasteiger charge is 2.30. The molecule has 0 nitrogen and oxygen atoms in total. The van der Waals surface area contributed by atoms with Gasteiger partial charge >= 0.3 is 6.18 Å². The molecule has 0 N–H and O–H groups in total. The molecule has 1 unspecified atom stereocenters. The zero-order chi connectivity index (χ0) is 15.6. The lowest BCUT2D eigenvalue weighted by atomic mass is 10.0. The number of halogens is 6. The van der Waals surface area contributed by atoms with Gasteiger partial charge in [0.1, 0.15) is 11.6 Å². The fourth-order valence-corrected chi connectivity index (χ4v) is 2.19. The summed E-state index contributed by atoms with van der Waals surface area (Å²) in [7, 11) is 0. The van der Waals surface area contributed by atoms with Crippen molar-refractivity contribution in [1.29, 1.82) is 0 Å². The average molecular weight is 321 g/mol. The van der Waals surface area contributed by atoms with Crippen LogP contribution >= 0.6 is 11.6 Å². The Bertz CT molecular complexity index is 619. The van der Waals surface area contributed by atoms with Gasteiger partial charge in [-0.3, -0.25) is 0 Å². The molecule has 0 aliphatic heterocycles. The zero-order valence-electron chi connectivity index (χ0n) is 10.6. The van der Waals surface area contributed by atoms with E-state index in [1.54, 1.807) is 0 Å². The van der Waals surface area contributed by atoms with Gasteiger partial charge in [0.2, 0.25) is 0 Å². The first kappa shape index (κ1) is 15.8. The largest absolute Gasteiger partial charge is 0.416 e. The monoisotopic (exact) mass is 320 g/mol. The molecule has 0 spiro atoms. The Morgan fingerprint density at radius 2 is 1.57 bits per heavy atom. The van der Waals surface area contributed by atoms with Gasteiger partial charge in [-0.1, -0.05) is 18.2 Å². The Balaban J connectivity index is 2.15. The summed E-state index contributed by atoms with van der Waals surface area (Å²) in [6, 6.07) is 7.46. The predicted molar refractivity (Wildman–Crippen MR) is 70.1 cm³/mol. The van der Waals surface area contributed by atoms with E-state index in [1.807, 2.05) is 0 Å². The third-order valence-electron chi connectivity index (χ3n) is 3.01. The maximum atomic E-state index is 13.5. The number of hydrogen-bond donors (Lipinski definition) is 0. The van der Waals surface area contributed by atoms with E-state index in [0.29, 0.717) is 5.56 Å². The van der Waals surface area contributed by atoms with Crippen molar-refractivity contribution in [3.63, 3.8) is 0 Å². The molecule has 0 aliphatic rings. The van der Waals surface area contributed by atoms with Crippen LogP contribution in [0, 0.1) is 11.6 Å². The normalized spacial score (nSPS) is 13.2. The van der Waals surface area contributed by atoms with Crippen LogP contribution in [0.5, 0.6) is 0 Å². The smallest absolute Gasteiger partial charge is 0.207 e. The van der Waals surface area contributed by atoms with Gasteiger partial charge in [0.15, 0.2) is 0 Å². The van der Waals surface area contributed by atoms with Crippen molar-refractivity contribution in [2.75, 3.05) is 0 Å². The summed E-state index contributed by atoms with van der Waals surface area (Å²) in [4.78, 5) is 0. The molecule has 2 aromatic rings. The summed E-state index contributed by atoms with van der Waals surface area (Å²) in [5.41, 5.74) is -0.132. The summed E-state index contributed by atoms with van der Waals surface area (Å²) in [6.07, 6.45) is -4.36. The van der Waals surface area contributed by atoms with Crippen LogP contribution in [0.25, 0.3) is 0 Å². The van der Waals surface area contributed by atoms with Gasteiger partial charge in [0.25, 0.3) is 0 Å². The molecule has 1 atom stereocenters. The molecule has 0 heterocycles. The molecule has 2 rings (SSSR count). The second kappa shape index (κ2) is 6.02. The van der Waals surface area contributed by atoms with Crippen LogP contribution in [0.1, 0.15) is 22.1 Å². The van der Waals surface area contributed by atoms with Gasteiger partial charge < -0.3 is 0 Å². The molecule has 21 heavy (non-hydrogen) atoms. The van der Waals surface area contributed by atoms with E-state index in [-0.39, 0.29) is 12.0 Å². The Labute approximate surface area is 123 Å². The molecule has 0 aromatic heterocycles. The molecular weight excluding hydrogens is 311 g/mol. The topological polar surface area (TPSA) is 0 Å². The van der Waals surface area contributed by atoms with Crippen molar-refractivity contribution in [3.8, 4) is 0 Å². The van der Waals surface area contributed by atoms with Crippen molar-refractivity contribution >= 4 is 11.6 Å². The summed E-state index contributed by atoms with van der Waals surface area (Å²) >= 11 is 6.08. The van der Waals surface area contributed by atoms with Crippen molar-refractivity contribution in [3.05, 3.63) is 70.8 Å². The summed E-state index contributed by atoms with van der Waals surface area (Å²) in [5.74, 6) is -1.43. The summed E-state index contributed by atoms with van der Waals surface area (Å²) in [5, 5.41) is -0.702. The van der Waals surface area contributed by atoms with Gasteiger partial charge in [0, 0.05) is 6.07 Å². The first-order chi connectivity index (χ1) is 9.77. The fraction of sp³-hybridized carbons (Fsp3) is 0.200. The Morgan fingerprint density at radius 1 is 0.952 bits per heavy atom.